The van der Waals surface area contributed by atoms with Crippen molar-refractivity contribution in [2.75, 3.05) is 26.2 Å². The molecule has 146 valence electrons. The van der Waals surface area contributed by atoms with E-state index in [9.17, 15) is 22.7 Å². The van der Waals surface area contributed by atoms with Crippen LogP contribution in [0.4, 0.5) is 15.1 Å². The summed E-state index contributed by atoms with van der Waals surface area (Å²) in [6.07, 6.45) is -1.65. The summed E-state index contributed by atoms with van der Waals surface area (Å²) >= 11 is 0. The summed E-state index contributed by atoms with van der Waals surface area (Å²) in [5, 5.41) is 11.8. The fourth-order valence-electron chi connectivity index (χ4n) is 2.06. The van der Waals surface area contributed by atoms with Gasteiger partial charge in [-0.2, -0.15) is 9.97 Å². The van der Waals surface area contributed by atoms with Crippen molar-refractivity contribution in [1.29, 1.82) is 0 Å². The Morgan fingerprint density at radius 2 is 1.81 bits per heavy atom. The number of alkyl halides is 1. The molecule has 0 spiro atoms. The van der Waals surface area contributed by atoms with Gasteiger partial charge in [-0.3, -0.25) is 5.32 Å². The fraction of sp³-hybridized carbons (Fsp3) is 0.267. The van der Waals surface area contributed by atoms with Crippen LogP contribution in [0.5, 0.6) is 11.8 Å². The van der Waals surface area contributed by atoms with Gasteiger partial charge in [0.15, 0.2) is 0 Å². The van der Waals surface area contributed by atoms with Crippen molar-refractivity contribution in [2.24, 2.45) is 0 Å². The highest BCUT2D eigenvalue weighted by Gasteiger charge is 2.24. The number of aliphatic hydroxyl groups is 1. The first-order valence-electron chi connectivity index (χ1n) is 7.44. The number of ether oxygens (including phenoxy) is 2. The summed E-state index contributed by atoms with van der Waals surface area (Å²) in [4.78, 5) is 19.3. The van der Waals surface area contributed by atoms with Crippen molar-refractivity contribution < 1.29 is 32.2 Å². The van der Waals surface area contributed by atoms with Crippen molar-refractivity contribution >= 4 is 22.0 Å². The molecular weight excluding hydrogens is 383 g/mol. The van der Waals surface area contributed by atoms with Gasteiger partial charge in [0.05, 0.1) is 25.2 Å². The van der Waals surface area contributed by atoms with Crippen LogP contribution < -0.4 is 19.5 Å². The monoisotopic (exact) mass is 400 g/mol. The first-order chi connectivity index (χ1) is 12.8. The predicted octanol–water partition coefficient (Wildman–Crippen LogP) is 1.01. The number of nitrogens with zero attached hydrogens (tertiary/aromatic N) is 2. The van der Waals surface area contributed by atoms with Crippen molar-refractivity contribution in [3.63, 3.8) is 0 Å². The number of methoxy groups -OCH3 is 2. The van der Waals surface area contributed by atoms with Crippen LogP contribution >= 0.6 is 0 Å². The molecule has 0 radical (unpaired) electrons. The topological polar surface area (TPSA) is 140 Å². The van der Waals surface area contributed by atoms with Gasteiger partial charge in [-0.05, 0) is 6.07 Å². The number of urea groups is 1. The summed E-state index contributed by atoms with van der Waals surface area (Å²) < 4.78 is 49.2. The molecule has 2 amide bonds. The maximum atomic E-state index is 12.7. The maximum absolute atomic E-state index is 12.7. The Kier molecular flexibility index (Phi) is 6.47. The van der Waals surface area contributed by atoms with Crippen LogP contribution in [0.15, 0.2) is 35.2 Å². The van der Waals surface area contributed by atoms with E-state index in [1.807, 2.05) is 0 Å². The van der Waals surface area contributed by atoms with Gasteiger partial charge in [-0.1, -0.05) is 18.2 Å². The van der Waals surface area contributed by atoms with E-state index in [1.54, 1.807) is 4.72 Å². The number of hydrogen-bond donors (Lipinski definition) is 3. The van der Waals surface area contributed by atoms with Crippen LogP contribution in [0.3, 0.4) is 0 Å². The van der Waals surface area contributed by atoms with Gasteiger partial charge in [0.25, 0.3) is 10.0 Å². The molecule has 1 aromatic heterocycles. The van der Waals surface area contributed by atoms with E-state index < -0.39 is 33.7 Å². The average Bonchev–Trinajstić information content (AvgIpc) is 2.66. The van der Waals surface area contributed by atoms with Gasteiger partial charge in [0, 0.05) is 5.56 Å². The Morgan fingerprint density at radius 1 is 1.22 bits per heavy atom. The Morgan fingerprint density at radius 3 is 2.37 bits per heavy atom. The number of benzene rings is 1. The highest BCUT2D eigenvalue weighted by molar-refractivity contribution is 7.90. The molecule has 0 saturated heterocycles. The van der Waals surface area contributed by atoms with Crippen LogP contribution in [-0.2, 0) is 10.0 Å². The van der Waals surface area contributed by atoms with E-state index in [-0.39, 0.29) is 23.3 Å². The van der Waals surface area contributed by atoms with Crippen molar-refractivity contribution in [1.82, 2.24) is 14.7 Å². The van der Waals surface area contributed by atoms with Gasteiger partial charge >= 0.3 is 6.03 Å². The fourth-order valence-corrected chi connectivity index (χ4v) is 3.23. The minimum Gasteiger partial charge on any atom is -0.481 e. The van der Waals surface area contributed by atoms with Crippen LogP contribution in [-0.4, -0.2) is 50.4 Å². The molecule has 27 heavy (non-hydrogen) atoms. The maximum Gasteiger partial charge on any atom is 0.335 e. The lowest BCUT2D eigenvalue weighted by molar-refractivity contribution is 0.139. The summed E-state index contributed by atoms with van der Waals surface area (Å²) in [6, 6.07) is 5.37. The third-order valence-corrected chi connectivity index (χ3v) is 4.67. The average molecular weight is 400 g/mol. The lowest BCUT2D eigenvalue weighted by Crippen LogP contribution is -2.35. The zero-order chi connectivity index (χ0) is 20.0. The number of carbonyl (C=O) groups excluding carboxylic acids is 1. The first kappa shape index (κ1) is 20.3. The van der Waals surface area contributed by atoms with Gasteiger partial charge in [0.2, 0.25) is 17.7 Å². The standard InChI is InChI=1S/C15H17FN4O6S/c1-25-12-7-13(26-2)18-14(17-12)19-15(22)20-27(23,24)11-6-4-3-5-9(11)10(21)8-16/h3-7,10,21H,8H2,1-2H3,(H2,17,18,19,20,22). The van der Waals surface area contributed by atoms with Crippen molar-refractivity contribution in [3.05, 3.63) is 35.9 Å². The highest BCUT2D eigenvalue weighted by Crippen LogP contribution is 2.23. The molecule has 0 aliphatic rings. The number of halogens is 1. The molecule has 0 aliphatic carbocycles. The van der Waals surface area contributed by atoms with Crippen molar-refractivity contribution in [3.8, 4) is 11.8 Å². The third-order valence-electron chi connectivity index (χ3n) is 3.26. The summed E-state index contributed by atoms with van der Waals surface area (Å²) in [6.45, 7) is -1.18. The molecule has 1 aromatic carbocycles. The number of nitrogens with one attached hydrogen (secondary N) is 2. The summed E-state index contributed by atoms with van der Waals surface area (Å²) in [5.41, 5.74) is -0.181. The minimum absolute atomic E-state index is 0.0800. The molecule has 0 bridgehead atoms. The van der Waals surface area contributed by atoms with E-state index in [4.69, 9.17) is 9.47 Å². The molecule has 2 rings (SSSR count). The van der Waals surface area contributed by atoms with Crippen LogP contribution in [0.2, 0.25) is 0 Å². The second-order valence-corrected chi connectivity index (χ2v) is 6.69. The number of aromatic nitrogens is 2. The van der Waals surface area contributed by atoms with E-state index >= 15 is 0 Å². The SMILES string of the molecule is COc1cc(OC)nc(NC(=O)NS(=O)(=O)c2ccccc2C(O)CF)n1. The third kappa shape index (κ3) is 5.01. The van der Waals surface area contributed by atoms with E-state index in [2.05, 4.69) is 15.3 Å². The van der Waals surface area contributed by atoms with Gasteiger partial charge in [-0.15, -0.1) is 0 Å². The molecule has 0 saturated carbocycles. The highest BCUT2D eigenvalue weighted by atomic mass is 32.2. The van der Waals surface area contributed by atoms with E-state index in [1.165, 1.54) is 38.5 Å². The Labute approximate surface area is 154 Å². The second kappa shape index (κ2) is 8.60. The Balaban J connectivity index is 2.23. The zero-order valence-corrected chi connectivity index (χ0v) is 15.2. The molecule has 1 heterocycles. The molecule has 2 aromatic rings. The molecule has 12 heteroatoms. The predicted molar refractivity (Wildman–Crippen MR) is 91.9 cm³/mol. The smallest absolute Gasteiger partial charge is 0.335 e. The van der Waals surface area contributed by atoms with E-state index in [0.717, 1.165) is 6.07 Å². The quantitative estimate of drug-likeness (QED) is 0.626. The zero-order valence-electron chi connectivity index (χ0n) is 14.3. The number of aliphatic hydroxyl groups excluding tert-OH is 1. The largest absolute Gasteiger partial charge is 0.481 e. The first-order valence-corrected chi connectivity index (χ1v) is 8.93. The number of carbonyl (C=O) groups is 1. The van der Waals surface area contributed by atoms with E-state index in [0.29, 0.717) is 0 Å². The van der Waals surface area contributed by atoms with Gasteiger partial charge in [0.1, 0.15) is 12.8 Å². The molecule has 1 unspecified atom stereocenters. The minimum atomic E-state index is -4.40. The second-order valence-electron chi connectivity index (χ2n) is 5.04. The summed E-state index contributed by atoms with van der Waals surface area (Å²) in [5.74, 6) is -0.108. The summed E-state index contributed by atoms with van der Waals surface area (Å²) in [7, 11) is -1.73. The van der Waals surface area contributed by atoms with Crippen LogP contribution in [0.25, 0.3) is 0 Å². The van der Waals surface area contributed by atoms with Crippen LogP contribution in [0.1, 0.15) is 11.7 Å². The normalized spacial score (nSPS) is 12.1. The molecule has 3 N–H and O–H groups in total. The number of amides is 2. The van der Waals surface area contributed by atoms with Crippen molar-refractivity contribution in [2.45, 2.75) is 11.0 Å². The lowest BCUT2D eigenvalue weighted by Gasteiger charge is -2.14. The molecule has 0 fully saturated rings. The molecule has 0 aliphatic heterocycles. The number of rotatable bonds is 7. The number of hydrogen-bond acceptors (Lipinski definition) is 8. The lowest BCUT2D eigenvalue weighted by atomic mass is 10.1. The Hall–Kier alpha value is -2.99. The van der Waals surface area contributed by atoms with Gasteiger partial charge in [-0.25, -0.2) is 22.3 Å². The molecule has 10 nitrogen and oxygen atoms in total. The molecule has 1 atom stereocenters. The van der Waals surface area contributed by atoms with Crippen LogP contribution in [0, 0.1) is 0 Å². The Bertz CT molecular complexity index is 902. The van der Waals surface area contributed by atoms with Gasteiger partial charge < -0.3 is 14.6 Å². The number of sulfonamides is 1. The molecular formula is C15H17FN4O6S. The number of anilines is 1.